The van der Waals surface area contributed by atoms with Crippen molar-refractivity contribution in [2.75, 3.05) is 5.32 Å². The number of carbonyl (C=O) groups is 1. The van der Waals surface area contributed by atoms with Crippen LogP contribution in [-0.2, 0) is 4.79 Å². The van der Waals surface area contributed by atoms with Crippen LogP contribution in [0.4, 0.5) is 5.13 Å². The van der Waals surface area contributed by atoms with Crippen molar-refractivity contribution in [2.24, 2.45) is 17.3 Å². The van der Waals surface area contributed by atoms with E-state index in [4.69, 9.17) is 0 Å². The van der Waals surface area contributed by atoms with Gasteiger partial charge in [0.2, 0.25) is 5.91 Å². The zero-order chi connectivity index (χ0) is 17.8. The van der Waals surface area contributed by atoms with Gasteiger partial charge in [0.05, 0.1) is 11.3 Å². The minimum absolute atomic E-state index is 0.00993. The monoisotopic (exact) mass is 369 g/mol. The summed E-state index contributed by atoms with van der Waals surface area (Å²) in [5, 5.41) is 16.4. The number of amides is 1. The lowest BCUT2D eigenvalue weighted by Gasteiger charge is -2.60. The molecule has 6 rings (SSSR count). The Hall–Kier alpha value is -1.79. The molecule has 2 aromatic rings. The molecule has 4 saturated carbocycles. The molecule has 6 heteroatoms. The van der Waals surface area contributed by atoms with E-state index in [1.807, 2.05) is 23.6 Å². The van der Waals surface area contributed by atoms with Crippen molar-refractivity contribution in [2.45, 2.75) is 50.5 Å². The van der Waals surface area contributed by atoms with Gasteiger partial charge in [0.25, 0.3) is 0 Å². The van der Waals surface area contributed by atoms with Gasteiger partial charge < -0.3 is 10.4 Å². The second-order valence-corrected chi connectivity index (χ2v) is 9.52. The third kappa shape index (κ3) is 2.95. The Morgan fingerprint density at radius 2 is 2.04 bits per heavy atom. The summed E-state index contributed by atoms with van der Waals surface area (Å²) in [5.74, 6) is 1.23. The smallest absolute Gasteiger partial charge is 0.226 e. The highest BCUT2D eigenvalue weighted by Crippen LogP contribution is 2.62. The summed E-state index contributed by atoms with van der Waals surface area (Å²) in [6.45, 7) is 0. The summed E-state index contributed by atoms with van der Waals surface area (Å²) >= 11 is 1.43. The molecule has 5 nitrogen and oxygen atoms in total. The molecule has 4 fully saturated rings. The first-order valence-electron chi connectivity index (χ1n) is 9.40. The lowest BCUT2D eigenvalue weighted by atomic mass is 9.47. The molecule has 136 valence electrons. The number of aromatic nitrogens is 2. The van der Waals surface area contributed by atoms with Crippen molar-refractivity contribution in [1.29, 1.82) is 0 Å². The van der Waals surface area contributed by atoms with Crippen LogP contribution in [-0.4, -0.2) is 26.6 Å². The Balaban J connectivity index is 1.28. The maximum absolute atomic E-state index is 12.7. The summed E-state index contributed by atoms with van der Waals surface area (Å²) in [4.78, 5) is 21.5. The highest BCUT2D eigenvalue weighted by Gasteiger charge is 2.57. The number of nitrogens with one attached hydrogen (secondary N) is 1. The predicted octanol–water partition coefficient (Wildman–Crippen LogP) is 3.87. The molecule has 4 aliphatic rings. The number of thiazole rings is 1. The van der Waals surface area contributed by atoms with Gasteiger partial charge >= 0.3 is 0 Å². The van der Waals surface area contributed by atoms with Gasteiger partial charge in [-0.25, -0.2) is 4.98 Å². The first-order valence-corrected chi connectivity index (χ1v) is 10.3. The number of nitrogens with zero attached hydrogens (tertiary/aromatic N) is 2. The van der Waals surface area contributed by atoms with Crippen molar-refractivity contribution in [3.8, 4) is 11.4 Å². The number of hydrogen-bond donors (Lipinski definition) is 2. The zero-order valence-electron chi connectivity index (χ0n) is 14.6. The lowest BCUT2D eigenvalue weighted by Crippen LogP contribution is -2.56. The van der Waals surface area contributed by atoms with Gasteiger partial charge in [0.1, 0.15) is 5.69 Å². The minimum atomic E-state index is -0.516. The van der Waals surface area contributed by atoms with E-state index in [1.54, 1.807) is 6.20 Å². The SMILES string of the molecule is O=C(CC12CC3CC(CC(O)(C3)C1)C2)Nc1nc(-c2ccccn2)cs1. The minimum Gasteiger partial charge on any atom is -0.390 e. The fraction of sp³-hybridized carbons (Fsp3) is 0.550. The molecule has 0 aromatic carbocycles. The topological polar surface area (TPSA) is 75.1 Å². The van der Waals surface area contributed by atoms with E-state index in [0.717, 1.165) is 43.5 Å². The van der Waals surface area contributed by atoms with Crippen molar-refractivity contribution >= 4 is 22.4 Å². The van der Waals surface area contributed by atoms with Crippen LogP contribution >= 0.6 is 11.3 Å². The fourth-order valence-corrected chi connectivity index (χ4v) is 6.80. The molecule has 0 saturated heterocycles. The zero-order valence-corrected chi connectivity index (χ0v) is 15.5. The standard InChI is InChI=1S/C20H23N3O2S/c24-17(23-18-22-16(11-26-18)15-3-1-2-4-21-15)10-19-6-13-5-14(7-19)9-20(25,8-13)12-19/h1-4,11,13-14,25H,5-10,12H2,(H,22,23,24). The third-order valence-electron chi connectivity index (χ3n) is 6.36. The molecule has 2 atom stereocenters. The van der Waals surface area contributed by atoms with Crippen LogP contribution in [0.3, 0.4) is 0 Å². The number of pyridine rings is 1. The molecule has 2 heterocycles. The van der Waals surface area contributed by atoms with Crippen molar-refractivity contribution in [3.63, 3.8) is 0 Å². The number of hydrogen-bond acceptors (Lipinski definition) is 5. The molecule has 2 aromatic heterocycles. The average Bonchev–Trinajstić information content (AvgIpc) is 3.01. The third-order valence-corrected chi connectivity index (χ3v) is 7.12. The lowest BCUT2D eigenvalue weighted by molar-refractivity contribution is -0.167. The fourth-order valence-electron chi connectivity index (χ4n) is 6.08. The highest BCUT2D eigenvalue weighted by molar-refractivity contribution is 7.14. The summed E-state index contributed by atoms with van der Waals surface area (Å²) < 4.78 is 0. The average molecular weight is 369 g/mol. The second kappa shape index (κ2) is 5.86. The second-order valence-electron chi connectivity index (χ2n) is 8.66. The Labute approximate surface area is 156 Å². The maximum Gasteiger partial charge on any atom is 0.226 e. The van der Waals surface area contributed by atoms with Crippen LogP contribution in [0.2, 0.25) is 0 Å². The maximum atomic E-state index is 12.7. The van der Waals surface area contributed by atoms with Gasteiger partial charge in [-0.3, -0.25) is 9.78 Å². The summed E-state index contributed by atoms with van der Waals surface area (Å²) in [5.41, 5.74) is 1.07. The molecular weight excluding hydrogens is 346 g/mol. The van der Waals surface area contributed by atoms with Gasteiger partial charge in [0, 0.05) is 18.0 Å². The molecular formula is C20H23N3O2S. The van der Waals surface area contributed by atoms with Gasteiger partial charge in [-0.1, -0.05) is 6.07 Å². The van der Waals surface area contributed by atoms with E-state index in [2.05, 4.69) is 15.3 Å². The first kappa shape index (κ1) is 16.4. The molecule has 2 N–H and O–H groups in total. The normalized spacial score (nSPS) is 34.8. The van der Waals surface area contributed by atoms with Crippen LogP contribution in [0.5, 0.6) is 0 Å². The number of anilines is 1. The van der Waals surface area contributed by atoms with Crippen LogP contribution in [0.15, 0.2) is 29.8 Å². The Morgan fingerprint density at radius 1 is 1.23 bits per heavy atom. The molecule has 2 unspecified atom stereocenters. The largest absolute Gasteiger partial charge is 0.390 e. The molecule has 1 amide bonds. The van der Waals surface area contributed by atoms with Crippen molar-refractivity contribution < 1.29 is 9.90 Å². The van der Waals surface area contributed by atoms with Crippen LogP contribution < -0.4 is 5.32 Å². The molecule has 0 radical (unpaired) electrons. The quantitative estimate of drug-likeness (QED) is 0.858. The van der Waals surface area contributed by atoms with Crippen molar-refractivity contribution in [3.05, 3.63) is 29.8 Å². The van der Waals surface area contributed by atoms with E-state index in [1.165, 1.54) is 17.8 Å². The number of aliphatic hydroxyl groups is 1. The van der Waals surface area contributed by atoms with E-state index in [-0.39, 0.29) is 11.3 Å². The number of rotatable bonds is 4. The number of carbonyl (C=O) groups excluding carboxylic acids is 1. The summed E-state index contributed by atoms with van der Waals surface area (Å²) in [6, 6.07) is 5.71. The van der Waals surface area contributed by atoms with Gasteiger partial charge in [0.15, 0.2) is 5.13 Å². The summed E-state index contributed by atoms with van der Waals surface area (Å²) in [6.07, 6.45) is 8.33. The Kier molecular flexibility index (Phi) is 3.69. The van der Waals surface area contributed by atoms with E-state index in [9.17, 15) is 9.90 Å². The van der Waals surface area contributed by atoms with E-state index >= 15 is 0 Å². The van der Waals surface area contributed by atoms with Gasteiger partial charge in [-0.05, 0) is 67.9 Å². The Bertz CT molecular complexity index is 821. The highest BCUT2D eigenvalue weighted by atomic mass is 32.1. The molecule has 0 aliphatic heterocycles. The van der Waals surface area contributed by atoms with Crippen LogP contribution in [0, 0.1) is 17.3 Å². The van der Waals surface area contributed by atoms with Gasteiger partial charge in [-0.2, -0.15) is 0 Å². The van der Waals surface area contributed by atoms with E-state index < -0.39 is 5.60 Å². The summed E-state index contributed by atoms with van der Waals surface area (Å²) in [7, 11) is 0. The van der Waals surface area contributed by atoms with Crippen LogP contribution in [0.25, 0.3) is 11.4 Å². The molecule has 0 spiro atoms. The Morgan fingerprint density at radius 3 is 2.73 bits per heavy atom. The predicted molar refractivity (Wildman–Crippen MR) is 101 cm³/mol. The molecule has 4 bridgehead atoms. The first-order chi connectivity index (χ1) is 12.5. The van der Waals surface area contributed by atoms with Crippen LogP contribution in [0.1, 0.15) is 44.9 Å². The van der Waals surface area contributed by atoms with Crippen molar-refractivity contribution in [1.82, 2.24) is 9.97 Å². The van der Waals surface area contributed by atoms with Gasteiger partial charge in [-0.15, -0.1) is 11.3 Å². The molecule has 26 heavy (non-hydrogen) atoms. The molecule has 4 aliphatic carbocycles. The van der Waals surface area contributed by atoms with E-state index in [0.29, 0.717) is 23.4 Å².